The van der Waals surface area contributed by atoms with Gasteiger partial charge in [0.05, 0.1) is 22.4 Å². The summed E-state index contributed by atoms with van der Waals surface area (Å²) in [5.41, 5.74) is 0.809. The number of ether oxygens (including phenoxy) is 2. The molecular weight excluding hydrogens is 386 g/mol. The Labute approximate surface area is 175 Å². The van der Waals surface area contributed by atoms with Crippen LogP contribution in [-0.2, 0) is 11.8 Å². The van der Waals surface area contributed by atoms with Gasteiger partial charge in [0.15, 0.2) is 0 Å². The van der Waals surface area contributed by atoms with Crippen LogP contribution in [0.3, 0.4) is 0 Å². The van der Waals surface area contributed by atoms with Gasteiger partial charge in [0, 0.05) is 31.8 Å². The number of anilines is 1. The normalized spacial score (nSPS) is 18.4. The molecule has 1 aliphatic rings. The molecule has 3 aromatic rings. The molecule has 29 heavy (non-hydrogen) atoms. The Bertz CT molecular complexity index is 961. The second kappa shape index (κ2) is 8.42. The highest BCUT2D eigenvalue weighted by Gasteiger charge is 2.31. The van der Waals surface area contributed by atoms with E-state index in [2.05, 4.69) is 28.7 Å². The maximum Gasteiger partial charge on any atom is 0.236 e. The molecule has 1 atom stereocenters. The van der Waals surface area contributed by atoms with Gasteiger partial charge in [-0.05, 0) is 50.8 Å². The fourth-order valence-corrected chi connectivity index (χ4v) is 4.00. The van der Waals surface area contributed by atoms with Crippen LogP contribution in [0.15, 0.2) is 53.7 Å². The third-order valence-corrected chi connectivity index (χ3v) is 5.48. The van der Waals surface area contributed by atoms with Crippen molar-refractivity contribution in [2.75, 3.05) is 11.3 Å². The van der Waals surface area contributed by atoms with Crippen molar-refractivity contribution >= 4 is 17.9 Å². The van der Waals surface area contributed by atoms with Crippen LogP contribution in [0.4, 0.5) is 5.95 Å². The number of nitrogens with one attached hydrogen (secondary N) is 1. The molecule has 152 valence electrons. The first-order chi connectivity index (χ1) is 14.0. The smallest absolute Gasteiger partial charge is 0.236 e. The second-order valence-electron chi connectivity index (χ2n) is 7.72. The molecule has 8 heteroatoms. The highest BCUT2D eigenvalue weighted by molar-refractivity contribution is 8.00. The number of aryl methyl sites for hydroxylation is 1. The molecule has 1 N–H and O–H groups in total. The van der Waals surface area contributed by atoms with E-state index in [-0.39, 0.29) is 5.60 Å². The zero-order valence-electron chi connectivity index (χ0n) is 16.8. The van der Waals surface area contributed by atoms with E-state index in [1.807, 2.05) is 49.6 Å². The fraction of sp³-hybridized carbons (Fsp3) is 0.381. The summed E-state index contributed by atoms with van der Waals surface area (Å²) in [5, 5.41) is 4.19. The van der Waals surface area contributed by atoms with Crippen molar-refractivity contribution in [1.29, 1.82) is 0 Å². The third kappa shape index (κ3) is 5.27. The SMILES string of the molecule is Cn1cc(SNc2nc(Oc3ccccc3)cc(C3CCOC(C)(C)C3)n2)cn1. The van der Waals surface area contributed by atoms with Crippen molar-refractivity contribution in [2.24, 2.45) is 7.05 Å². The van der Waals surface area contributed by atoms with Crippen LogP contribution in [0.5, 0.6) is 11.6 Å². The lowest BCUT2D eigenvalue weighted by molar-refractivity contribution is -0.0598. The highest BCUT2D eigenvalue weighted by Crippen LogP contribution is 2.36. The minimum atomic E-state index is -0.160. The first-order valence-electron chi connectivity index (χ1n) is 9.64. The van der Waals surface area contributed by atoms with Crippen LogP contribution in [-0.4, -0.2) is 32.0 Å². The molecule has 0 radical (unpaired) electrons. The predicted molar refractivity (Wildman–Crippen MR) is 113 cm³/mol. The Morgan fingerprint density at radius 3 is 2.79 bits per heavy atom. The molecule has 1 saturated heterocycles. The zero-order chi connectivity index (χ0) is 20.3. The summed E-state index contributed by atoms with van der Waals surface area (Å²) in [5.74, 6) is 2.09. The van der Waals surface area contributed by atoms with Gasteiger partial charge in [-0.3, -0.25) is 9.40 Å². The number of benzene rings is 1. The standard InChI is InChI=1S/C21H25N5O2S/c1-21(2)12-15(9-10-27-21)18-11-19(28-16-7-5-4-6-8-16)24-20(23-18)25-29-17-13-22-26(3)14-17/h4-8,11,13-15H,9-10,12H2,1-3H3,(H,23,24,25). The molecule has 1 unspecified atom stereocenters. The quantitative estimate of drug-likeness (QED) is 0.584. The Hall–Kier alpha value is -2.58. The van der Waals surface area contributed by atoms with Crippen LogP contribution in [0.2, 0.25) is 0 Å². The molecule has 7 nitrogen and oxygen atoms in total. The summed E-state index contributed by atoms with van der Waals surface area (Å²) >= 11 is 1.43. The van der Waals surface area contributed by atoms with E-state index in [4.69, 9.17) is 14.5 Å². The molecule has 0 saturated carbocycles. The molecule has 1 fully saturated rings. The van der Waals surface area contributed by atoms with E-state index in [1.165, 1.54) is 11.9 Å². The summed E-state index contributed by atoms with van der Waals surface area (Å²) in [4.78, 5) is 10.3. The maximum atomic E-state index is 6.01. The first kappa shape index (κ1) is 19.7. The Morgan fingerprint density at radius 2 is 2.07 bits per heavy atom. The van der Waals surface area contributed by atoms with Crippen LogP contribution < -0.4 is 9.46 Å². The van der Waals surface area contributed by atoms with Crippen molar-refractivity contribution in [3.63, 3.8) is 0 Å². The fourth-order valence-electron chi connectivity index (χ4n) is 3.40. The van der Waals surface area contributed by atoms with Gasteiger partial charge < -0.3 is 9.47 Å². The minimum absolute atomic E-state index is 0.160. The summed E-state index contributed by atoms with van der Waals surface area (Å²) in [6.45, 7) is 4.97. The molecule has 0 aliphatic carbocycles. The Kier molecular flexibility index (Phi) is 5.73. The van der Waals surface area contributed by atoms with Gasteiger partial charge in [-0.1, -0.05) is 18.2 Å². The molecule has 3 heterocycles. The van der Waals surface area contributed by atoms with E-state index in [0.29, 0.717) is 17.7 Å². The van der Waals surface area contributed by atoms with Crippen molar-refractivity contribution in [3.8, 4) is 11.6 Å². The van der Waals surface area contributed by atoms with Crippen LogP contribution in [0, 0.1) is 0 Å². The largest absolute Gasteiger partial charge is 0.439 e. The molecule has 1 aromatic carbocycles. The Balaban J connectivity index is 1.59. The molecule has 0 bridgehead atoms. The summed E-state index contributed by atoms with van der Waals surface area (Å²) < 4.78 is 16.9. The summed E-state index contributed by atoms with van der Waals surface area (Å²) in [7, 11) is 1.89. The lowest BCUT2D eigenvalue weighted by Gasteiger charge is -2.35. The predicted octanol–water partition coefficient (Wildman–Crippen LogP) is 4.79. The van der Waals surface area contributed by atoms with Crippen molar-refractivity contribution < 1.29 is 9.47 Å². The van der Waals surface area contributed by atoms with Crippen molar-refractivity contribution in [1.82, 2.24) is 19.7 Å². The van der Waals surface area contributed by atoms with Gasteiger partial charge in [-0.15, -0.1) is 0 Å². The zero-order valence-corrected chi connectivity index (χ0v) is 17.6. The number of nitrogens with zero attached hydrogens (tertiary/aromatic N) is 4. The van der Waals surface area contributed by atoms with Crippen molar-refractivity contribution in [3.05, 3.63) is 54.5 Å². The molecule has 4 rings (SSSR count). The molecule has 0 spiro atoms. The van der Waals surface area contributed by atoms with E-state index in [9.17, 15) is 0 Å². The van der Waals surface area contributed by atoms with Crippen molar-refractivity contribution in [2.45, 2.75) is 43.1 Å². The number of rotatable bonds is 6. The summed E-state index contributed by atoms with van der Waals surface area (Å²) in [6, 6.07) is 11.6. The van der Waals surface area contributed by atoms with Gasteiger partial charge in [-0.25, -0.2) is 4.98 Å². The molecule has 0 amide bonds. The number of para-hydroxylation sites is 1. The van der Waals surface area contributed by atoms with E-state index in [0.717, 1.165) is 35.8 Å². The second-order valence-corrected chi connectivity index (χ2v) is 8.60. The number of hydrogen-bond acceptors (Lipinski definition) is 7. The monoisotopic (exact) mass is 411 g/mol. The van der Waals surface area contributed by atoms with Gasteiger partial charge in [0.25, 0.3) is 0 Å². The van der Waals surface area contributed by atoms with Crippen LogP contribution >= 0.6 is 11.9 Å². The average Bonchev–Trinajstić information content (AvgIpc) is 3.11. The van der Waals surface area contributed by atoms with E-state index >= 15 is 0 Å². The summed E-state index contributed by atoms with van der Waals surface area (Å²) in [6.07, 6.45) is 5.57. The first-order valence-corrected chi connectivity index (χ1v) is 10.5. The third-order valence-electron chi connectivity index (χ3n) is 4.74. The van der Waals surface area contributed by atoms with Gasteiger partial charge in [0.1, 0.15) is 5.75 Å². The molecule has 1 aliphatic heterocycles. The van der Waals surface area contributed by atoms with Gasteiger partial charge in [-0.2, -0.15) is 10.1 Å². The molecule has 2 aromatic heterocycles. The maximum absolute atomic E-state index is 6.01. The average molecular weight is 412 g/mol. The van der Waals surface area contributed by atoms with E-state index in [1.54, 1.807) is 10.9 Å². The topological polar surface area (TPSA) is 74.1 Å². The lowest BCUT2D eigenvalue weighted by Crippen LogP contribution is -2.33. The molecular formula is C21H25N5O2S. The van der Waals surface area contributed by atoms with E-state index < -0.39 is 0 Å². The lowest BCUT2D eigenvalue weighted by atomic mass is 9.86. The van der Waals surface area contributed by atoms with Gasteiger partial charge in [0.2, 0.25) is 11.8 Å². The Morgan fingerprint density at radius 1 is 1.24 bits per heavy atom. The number of hydrogen-bond donors (Lipinski definition) is 1. The highest BCUT2D eigenvalue weighted by atomic mass is 32.2. The number of aromatic nitrogens is 4. The minimum Gasteiger partial charge on any atom is -0.439 e. The van der Waals surface area contributed by atoms with Gasteiger partial charge >= 0.3 is 0 Å². The van der Waals surface area contributed by atoms with Crippen LogP contribution in [0.1, 0.15) is 38.3 Å². The van der Waals surface area contributed by atoms with Crippen LogP contribution in [0.25, 0.3) is 0 Å².